The lowest BCUT2D eigenvalue weighted by Crippen LogP contribution is -2.49. The molecule has 0 aromatic heterocycles. The van der Waals surface area contributed by atoms with Crippen LogP contribution in [0.4, 0.5) is 28.0 Å². The van der Waals surface area contributed by atoms with Crippen LogP contribution in [-0.4, -0.2) is 82.0 Å². The number of amides is 1. The highest BCUT2D eigenvalue weighted by Crippen LogP contribution is 2.31. The third-order valence-corrected chi connectivity index (χ3v) is 6.86. The van der Waals surface area contributed by atoms with Gasteiger partial charge in [-0.15, -0.1) is 0 Å². The SMILES string of the molecule is C=C1/C(=C(\N=C/N)Nc2ccc(S(C)(=O)=O)cc2F)OCCN1C1CCN(C(=O)OCC(F)(F)F)CC1. The molecule has 2 heterocycles. The molecule has 2 fully saturated rings. The summed E-state index contributed by atoms with van der Waals surface area (Å²) in [4.78, 5) is 18.9. The molecule has 0 aliphatic carbocycles. The Morgan fingerprint density at radius 3 is 2.57 bits per heavy atom. The van der Waals surface area contributed by atoms with Gasteiger partial charge in [-0.25, -0.2) is 22.6 Å². The summed E-state index contributed by atoms with van der Waals surface area (Å²) in [6.07, 6.45) is -2.80. The number of alkyl halides is 3. The van der Waals surface area contributed by atoms with Crippen molar-refractivity contribution in [2.75, 3.05) is 44.4 Å². The summed E-state index contributed by atoms with van der Waals surface area (Å²) in [6.45, 7) is 3.47. The van der Waals surface area contributed by atoms with Gasteiger partial charge in [-0.1, -0.05) is 6.58 Å². The summed E-state index contributed by atoms with van der Waals surface area (Å²) in [6, 6.07) is 3.26. The van der Waals surface area contributed by atoms with Crippen LogP contribution in [0.15, 0.2) is 51.9 Å². The highest BCUT2D eigenvalue weighted by atomic mass is 32.2. The van der Waals surface area contributed by atoms with E-state index in [1.165, 1.54) is 17.0 Å². The number of aliphatic imine (C=N–C) groups is 1. The van der Waals surface area contributed by atoms with Crippen molar-refractivity contribution in [2.24, 2.45) is 10.7 Å². The van der Waals surface area contributed by atoms with Gasteiger partial charge in [0.2, 0.25) is 0 Å². The molecule has 10 nitrogen and oxygen atoms in total. The summed E-state index contributed by atoms with van der Waals surface area (Å²) in [5.41, 5.74) is 5.81. The number of piperidine rings is 1. The fraction of sp³-hybridized carbons (Fsp3) is 0.455. The maximum atomic E-state index is 14.6. The Morgan fingerprint density at radius 2 is 2.00 bits per heavy atom. The molecule has 0 spiro atoms. The zero-order valence-corrected chi connectivity index (χ0v) is 20.7. The topological polar surface area (TPSA) is 127 Å². The van der Waals surface area contributed by atoms with Gasteiger partial charge in [0.05, 0.1) is 29.2 Å². The van der Waals surface area contributed by atoms with E-state index in [0.29, 0.717) is 25.1 Å². The Hall–Kier alpha value is -3.49. The standard InChI is InChI=1S/C22H27F4N5O5S/c1-14-19(20(28-13-27)29-18-4-3-16(11-17(18)23)37(2,33)34)35-10-9-31(14)15-5-7-30(8-6-15)21(32)36-12-22(24,25)26/h3-4,11,13,15,29H,1,5-10,12H2,2H3,(H2,27,28)/b20-19-. The quantitative estimate of drug-likeness (QED) is 0.315. The molecule has 2 saturated heterocycles. The number of nitrogens with zero attached hydrogens (tertiary/aromatic N) is 3. The average Bonchev–Trinajstić information content (AvgIpc) is 2.82. The third-order valence-electron chi connectivity index (χ3n) is 5.75. The first kappa shape index (κ1) is 28.1. The van der Waals surface area contributed by atoms with E-state index in [0.717, 1.165) is 18.7 Å². The van der Waals surface area contributed by atoms with Crippen molar-refractivity contribution in [1.29, 1.82) is 0 Å². The van der Waals surface area contributed by atoms with Gasteiger partial charge in [-0.3, -0.25) is 0 Å². The van der Waals surface area contributed by atoms with E-state index in [1.54, 1.807) is 0 Å². The van der Waals surface area contributed by atoms with Gasteiger partial charge in [0, 0.05) is 25.4 Å². The molecule has 37 heavy (non-hydrogen) atoms. The molecule has 0 bridgehead atoms. The number of rotatable bonds is 6. The van der Waals surface area contributed by atoms with E-state index in [-0.39, 0.29) is 47.9 Å². The Balaban J connectivity index is 1.72. The van der Waals surface area contributed by atoms with Gasteiger partial charge in [0.25, 0.3) is 0 Å². The van der Waals surface area contributed by atoms with Crippen molar-refractivity contribution in [1.82, 2.24) is 9.80 Å². The first-order valence-corrected chi connectivity index (χ1v) is 13.0. The van der Waals surface area contributed by atoms with Crippen LogP contribution >= 0.6 is 0 Å². The van der Waals surface area contributed by atoms with Crippen molar-refractivity contribution in [3.05, 3.63) is 47.9 Å². The third kappa shape index (κ3) is 7.27. The Labute approximate surface area is 211 Å². The lowest BCUT2D eigenvalue weighted by Gasteiger charge is -2.42. The number of anilines is 1. The molecule has 2 aliphatic rings. The molecule has 0 atom stereocenters. The maximum Gasteiger partial charge on any atom is 0.422 e. The van der Waals surface area contributed by atoms with Crippen LogP contribution in [0.25, 0.3) is 0 Å². The van der Waals surface area contributed by atoms with Crippen LogP contribution in [0.3, 0.4) is 0 Å². The highest BCUT2D eigenvalue weighted by Gasteiger charge is 2.34. The van der Waals surface area contributed by atoms with Crippen LogP contribution in [0, 0.1) is 5.82 Å². The van der Waals surface area contributed by atoms with E-state index in [4.69, 9.17) is 10.5 Å². The minimum absolute atomic E-state index is 0.0383. The summed E-state index contributed by atoms with van der Waals surface area (Å²) in [5.74, 6) is -0.612. The van der Waals surface area contributed by atoms with Crippen LogP contribution < -0.4 is 11.1 Å². The Bertz CT molecular complexity index is 1190. The van der Waals surface area contributed by atoms with Crippen LogP contribution in [0.1, 0.15) is 12.8 Å². The van der Waals surface area contributed by atoms with Crippen molar-refractivity contribution in [3.8, 4) is 0 Å². The average molecular weight is 550 g/mol. The fourth-order valence-corrected chi connectivity index (χ4v) is 4.61. The number of nitrogens with one attached hydrogen (secondary N) is 1. The molecule has 204 valence electrons. The molecule has 0 unspecified atom stereocenters. The number of carbonyl (C=O) groups excluding carboxylic acids is 1. The zero-order valence-electron chi connectivity index (χ0n) is 19.9. The monoisotopic (exact) mass is 549 g/mol. The largest absolute Gasteiger partial charge is 0.486 e. The molecule has 0 saturated carbocycles. The lowest BCUT2D eigenvalue weighted by atomic mass is 10.0. The van der Waals surface area contributed by atoms with E-state index in [2.05, 4.69) is 21.6 Å². The summed E-state index contributed by atoms with van der Waals surface area (Å²) in [7, 11) is -3.61. The van der Waals surface area contributed by atoms with Crippen molar-refractivity contribution in [3.63, 3.8) is 0 Å². The molecule has 1 aromatic rings. The number of hydrogen-bond donors (Lipinski definition) is 2. The first-order chi connectivity index (χ1) is 17.3. The number of sulfone groups is 1. The van der Waals surface area contributed by atoms with Gasteiger partial charge in [-0.2, -0.15) is 13.2 Å². The zero-order chi connectivity index (χ0) is 27.4. The van der Waals surface area contributed by atoms with Gasteiger partial charge in [0.15, 0.2) is 28.0 Å². The first-order valence-electron chi connectivity index (χ1n) is 11.1. The van der Waals surface area contributed by atoms with E-state index in [9.17, 15) is 30.8 Å². The van der Waals surface area contributed by atoms with Gasteiger partial charge >= 0.3 is 12.3 Å². The summed E-state index contributed by atoms with van der Waals surface area (Å²) >= 11 is 0. The van der Waals surface area contributed by atoms with Gasteiger partial charge in [0.1, 0.15) is 12.4 Å². The van der Waals surface area contributed by atoms with Crippen molar-refractivity contribution >= 4 is 28.0 Å². The number of hydrogen-bond acceptors (Lipinski definition) is 8. The van der Waals surface area contributed by atoms with Crippen LogP contribution in [-0.2, 0) is 19.3 Å². The highest BCUT2D eigenvalue weighted by molar-refractivity contribution is 7.90. The number of halogens is 4. The molecule has 1 amide bonds. The Morgan fingerprint density at radius 1 is 1.32 bits per heavy atom. The normalized spacial score (nSPS) is 19.1. The summed E-state index contributed by atoms with van der Waals surface area (Å²) in [5, 5.41) is 2.76. The molecule has 3 rings (SSSR count). The Kier molecular flexibility index (Phi) is 8.56. The van der Waals surface area contributed by atoms with Crippen LogP contribution in [0.2, 0.25) is 0 Å². The second-order valence-corrected chi connectivity index (χ2v) is 10.4. The molecule has 0 radical (unpaired) electrons. The minimum atomic E-state index is -4.60. The van der Waals surface area contributed by atoms with Crippen molar-refractivity contribution in [2.45, 2.75) is 30.0 Å². The van der Waals surface area contributed by atoms with E-state index < -0.39 is 34.5 Å². The number of morpholine rings is 1. The smallest absolute Gasteiger partial charge is 0.422 e. The van der Waals surface area contributed by atoms with E-state index >= 15 is 0 Å². The number of carbonyl (C=O) groups is 1. The number of benzene rings is 1. The predicted octanol–water partition coefficient (Wildman–Crippen LogP) is 2.81. The number of likely N-dealkylation sites (tertiary alicyclic amines) is 1. The molecule has 15 heteroatoms. The number of nitrogens with two attached hydrogens (primary N) is 1. The molecular weight excluding hydrogens is 522 g/mol. The predicted molar refractivity (Wildman–Crippen MR) is 127 cm³/mol. The fourth-order valence-electron chi connectivity index (χ4n) is 3.98. The van der Waals surface area contributed by atoms with Gasteiger partial charge < -0.3 is 30.3 Å². The minimum Gasteiger partial charge on any atom is -0.486 e. The molecule has 1 aromatic carbocycles. The molecule has 3 N–H and O–H groups in total. The second-order valence-electron chi connectivity index (χ2n) is 8.37. The molecule has 2 aliphatic heterocycles. The lowest BCUT2D eigenvalue weighted by molar-refractivity contribution is -0.162. The van der Waals surface area contributed by atoms with Crippen molar-refractivity contribution < 1.29 is 40.2 Å². The second kappa shape index (κ2) is 11.3. The summed E-state index contributed by atoms with van der Waals surface area (Å²) < 4.78 is 85.0. The van der Waals surface area contributed by atoms with Gasteiger partial charge in [-0.05, 0) is 31.0 Å². The maximum absolute atomic E-state index is 14.6. The number of ether oxygens (including phenoxy) is 2. The molecular formula is C22H27F4N5O5S. The van der Waals surface area contributed by atoms with Crippen LogP contribution in [0.5, 0.6) is 0 Å². The van der Waals surface area contributed by atoms with E-state index in [1.807, 2.05) is 4.90 Å².